The van der Waals surface area contributed by atoms with E-state index in [1.54, 1.807) is 30.3 Å². The number of amides is 1. The third-order valence-corrected chi connectivity index (χ3v) is 4.47. The molecule has 1 amide bonds. The molecule has 0 spiro atoms. The van der Waals surface area contributed by atoms with E-state index in [1.165, 1.54) is 23.1 Å². The van der Waals surface area contributed by atoms with Crippen LogP contribution < -0.4 is 10.6 Å². The Bertz CT molecular complexity index is 707. The molecule has 112 valence electrons. The molecule has 1 heterocycles. The minimum absolute atomic E-state index is 0.191. The van der Waals surface area contributed by atoms with Crippen molar-refractivity contribution in [1.82, 2.24) is 10.2 Å². The zero-order chi connectivity index (χ0) is 15.8. The highest BCUT2D eigenvalue weighted by atomic mass is 32.2. The van der Waals surface area contributed by atoms with Crippen LogP contribution in [0.4, 0.5) is 10.8 Å². The van der Waals surface area contributed by atoms with Gasteiger partial charge in [-0.25, -0.2) is 0 Å². The fraction of sp³-hybridized carbons (Fsp3) is 0.143. The average Bonchev–Trinajstić information content (AvgIpc) is 2.99. The normalized spacial score (nSPS) is 9.77. The molecule has 1 aromatic carbocycles. The summed E-state index contributed by atoms with van der Waals surface area (Å²) in [5.74, 6) is 0.0130. The van der Waals surface area contributed by atoms with Crippen LogP contribution in [0.3, 0.4) is 0 Å². The summed E-state index contributed by atoms with van der Waals surface area (Å²) in [6.45, 7) is 4.22. The number of benzene rings is 1. The molecule has 0 bridgehead atoms. The maximum atomic E-state index is 11.9. The Morgan fingerprint density at radius 1 is 1.45 bits per heavy atom. The van der Waals surface area contributed by atoms with E-state index in [4.69, 9.17) is 5.26 Å². The number of nitrogens with zero attached hydrogens (tertiary/aromatic N) is 3. The summed E-state index contributed by atoms with van der Waals surface area (Å²) in [5.41, 5.74) is 0.953. The third-order valence-electron chi connectivity index (χ3n) is 2.45. The van der Waals surface area contributed by atoms with Crippen LogP contribution in [-0.2, 0) is 4.79 Å². The van der Waals surface area contributed by atoms with E-state index in [9.17, 15) is 4.79 Å². The van der Waals surface area contributed by atoms with Crippen molar-refractivity contribution in [2.75, 3.05) is 22.9 Å². The molecule has 2 aromatic rings. The minimum atomic E-state index is -0.191. The molecule has 0 unspecified atom stereocenters. The second kappa shape index (κ2) is 8.17. The Morgan fingerprint density at radius 2 is 2.27 bits per heavy atom. The van der Waals surface area contributed by atoms with Crippen molar-refractivity contribution >= 4 is 39.8 Å². The number of para-hydroxylation sites is 1. The lowest BCUT2D eigenvalue weighted by Gasteiger charge is -2.05. The number of hydrogen-bond acceptors (Lipinski definition) is 7. The maximum Gasteiger partial charge on any atom is 0.234 e. The van der Waals surface area contributed by atoms with Crippen LogP contribution in [0.2, 0.25) is 0 Å². The summed E-state index contributed by atoms with van der Waals surface area (Å²) >= 11 is 2.68. The van der Waals surface area contributed by atoms with Gasteiger partial charge in [-0.05, 0) is 12.1 Å². The number of carbonyl (C=O) groups excluding carboxylic acids is 1. The van der Waals surface area contributed by atoms with Crippen molar-refractivity contribution < 1.29 is 4.79 Å². The molecule has 1 aromatic heterocycles. The van der Waals surface area contributed by atoms with Crippen molar-refractivity contribution in [2.24, 2.45) is 0 Å². The lowest BCUT2D eigenvalue weighted by Crippen LogP contribution is -2.14. The van der Waals surface area contributed by atoms with Gasteiger partial charge in [0.15, 0.2) is 4.34 Å². The topological polar surface area (TPSA) is 90.7 Å². The molecule has 22 heavy (non-hydrogen) atoms. The number of hydrogen-bond donors (Lipinski definition) is 2. The lowest BCUT2D eigenvalue weighted by molar-refractivity contribution is -0.113. The number of nitrogens with one attached hydrogen (secondary N) is 2. The molecule has 6 nitrogen and oxygen atoms in total. The van der Waals surface area contributed by atoms with Crippen LogP contribution in [0.1, 0.15) is 5.56 Å². The van der Waals surface area contributed by atoms with Crippen molar-refractivity contribution in [3.63, 3.8) is 0 Å². The van der Waals surface area contributed by atoms with Gasteiger partial charge in [-0.3, -0.25) is 4.79 Å². The van der Waals surface area contributed by atoms with Gasteiger partial charge in [-0.15, -0.1) is 16.8 Å². The first-order valence-electron chi connectivity index (χ1n) is 6.33. The molecule has 0 saturated heterocycles. The van der Waals surface area contributed by atoms with Crippen LogP contribution in [-0.4, -0.2) is 28.4 Å². The minimum Gasteiger partial charge on any atom is -0.357 e. The monoisotopic (exact) mass is 331 g/mol. The predicted molar refractivity (Wildman–Crippen MR) is 89.1 cm³/mol. The Balaban J connectivity index is 1.86. The zero-order valence-corrected chi connectivity index (χ0v) is 13.2. The highest BCUT2D eigenvalue weighted by Gasteiger charge is 2.09. The molecular weight excluding hydrogens is 318 g/mol. The van der Waals surface area contributed by atoms with Gasteiger partial charge in [0.05, 0.1) is 17.0 Å². The Labute approximate surface area is 136 Å². The Hall–Kier alpha value is -2.37. The van der Waals surface area contributed by atoms with Gasteiger partial charge in [0.2, 0.25) is 11.0 Å². The van der Waals surface area contributed by atoms with Gasteiger partial charge in [-0.1, -0.05) is 41.3 Å². The number of carbonyl (C=O) groups is 1. The summed E-state index contributed by atoms with van der Waals surface area (Å²) < 4.78 is 0.704. The average molecular weight is 331 g/mol. The highest BCUT2D eigenvalue weighted by Crippen LogP contribution is 2.25. The fourth-order valence-corrected chi connectivity index (χ4v) is 3.06. The van der Waals surface area contributed by atoms with Gasteiger partial charge >= 0.3 is 0 Å². The largest absolute Gasteiger partial charge is 0.357 e. The Morgan fingerprint density at radius 3 is 3.05 bits per heavy atom. The van der Waals surface area contributed by atoms with Gasteiger partial charge in [0.25, 0.3) is 0 Å². The Kier molecular flexibility index (Phi) is 5.94. The SMILES string of the molecule is C=CCNc1nnc(SCC(=O)Nc2ccccc2C#N)s1. The molecule has 2 N–H and O–H groups in total. The van der Waals surface area contributed by atoms with Crippen molar-refractivity contribution in [3.05, 3.63) is 42.5 Å². The lowest BCUT2D eigenvalue weighted by atomic mass is 10.2. The first-order chi connectivity index (χ1) is 10.7. The summed E-state index contributed by atoms with van der Waals surface area (Å²) in [5, 5.41) is 23.4. The number of anilines is 2. The number of aromatic nitrogens is 2. The third kappa shape index (κ3) is 4.58. The highest BCUT2D eigenvalue weighted by molar-refractivity contribution is 8.01. The van der Waals surface area contributed by atoms with E-state index in [2.05, 4.69) is 27.4 Å². The van der Waals surface area contributed by atoms with E-state index in [0.717, 1.165) is 0 Å². The van der Waals surface area contributed by atoms with Crippen LogP contribution in [0.5, 0.6) is 0 Å². The second-order valence-corrected chi connectivity index (χ2v) is 6.24. The van der Waals surface area contributed by atoms with E-state index in [-0.39, 0.29) is 11.7 Å². The second-order valence-electron chi connectivity index (χ2n) is 4.04. The number of rotatable bonds is 7. The molecule has 0 radical (unpaired) electrons. The summed E-state index contributed by atoms with van der Waals surface area (Å²) in [4.78, 5) is 11.9. The van der Waals surface area contributed by atoms with E-state index >= 15 is 0 Å². The number of nitriles is 1. The van der Waals surface area contributed by atoms with Crippen molar-refractivity contribution in [2.45, 2.75) is 4.34 Å². The molecule has 0 aliphatic heterocycles. The van der Waals surface area contributed by atoms with Crippen LogP contribution in [0, 0.1) is 11.3 Å². The molecule has 2 rings (SSSR count). The smallest absolute Gasteiger partial charge is 0.234 e. The summed E-state index contributed by atoms with van der Waals surface area (Å²) in [6.07, 6.45) is 1.73. The van der Waals surface area contributed by atoms with Crippen LogP contribution in [0.25, 0.3) is 0 Å². The zero-order valence-electron chi connectivity index (χ0n) is 11.6. The van der Waals surface area contributed by atoms with Crippen LogP contribution in [0.15, 0.2) is 41.3 Å². The standard InChI is InChI=1S/C14H13N5OS2/c1-2-7-16-13-18-19-14(22-13)21-9-12(20)17-11-6-4-3-5-10(11)8-15/h2-6H,1,7,9H2,(H,16,18)(H,17,20). The van der Waals surface area contributed by atoms with Gasteiger partial charge in [-0.2, -0.15) is 5.26 Å². The first kappa shape index (κ1) is 16.0. The first-order valence-corrected chi connectivity index (χ1v) is 8.13. The van der Waals surface area contributed by atoms with Crippen LogP contribution >= 0.6 is 23.1 Å². The van der Waals surface area contributed by atoms with Crippen molar-refractivity contribution in [1.29, 1.82) is 5.26 Å². The number of thioether (sulfide) groups is 1. The predicted octanol–water partition coefficient (Wildman–Crippen LogP) is 2.74. The summed E-state index contributed by atoms with van der Waals surface area (Å²) in [7, 11) is 0. The molecule has 8 heteroatoms. The van der Waals surface area contributed by atoms with Gasteiger partial charge < -0.3 is 10.6 Å². The molecule has 0 atom stereocenters. The molecule has 0 aliphatic carbocycles. The molecule has 0 aliphatic rings. The van der Waals surface area contributed by atoms with E-state index in [0.29, 0.717) is 27.3 Å². The van der Waals surface area contributed by atoms with E-state index < -0.39 is 0 Å². The van der Waals surface area contributed by atoms with Gasteiger partial charge in [0, 0.05) is 6.54 Å². The molecule has 0 fully saturated rings. The van der Waals surface area contributed by atoms with E-state index in [1.807, 2.05) is 6.07 Å². The maximum absolute atomic E-state index is 11.9. The quantitative estimate of drug-likeness (QED) is 0.599. The summed E-state index contributed by atoms with van der Waals surface area (Å²) in [6, 6.07) is 8.92. The molecular formula is C14H13N5OS2. The fourth-order valence-electron chi connectivity index (χ4n) is 1.50. The van der Waals surface area contributed by atoms with Gasteiger partial charge in [0.1, 0.15) is 6.07 Å². The van der Waals surface area contributed by atoms with Crippen molar-refractivity contribution in [3.8, 4) is 6.07 Å². The molecule has 0 saturated carbocycles.